The van der Waals surface area contributed by atoms with E-state index >= 15 is 0 Å². The van der Waals surface area contributed by atoms with Crippen molar-refractivity contribution in [2.45, 2.75) is 30.2 Å². The smallest absolute Gasteiger partial charge is 0.355 e. The van der Waals surface area contributed by atoms with E-state index in [1.54, 1.807) is 31.0 Å². The molecule has 210 valence electrons. The minimum absolute atomic E-state index is 0.0139. The second-order valence-corrected chi connectivity index (χ2v) is 11.6. The SMILES string of the molecule is COc1ccc(COC(=O)C2=C(/C=C/c3ccc(CBr)cc3)CSC3C(CC(=O)Cc4ccccc4)C(=O)N23)cc1. The van der Waals surface area contributed by atoms with Crippen LogP contribution in [0.1, 0.15) is 28.7 Å². The van der Waals surface area contributed by atoms with Gasteiger partial charge in [-0.1, -0.05) is 94.8 Å². The lowest BCUT2D eigenvalue weighted by Gasteiger charge is -2.49. The van der Waals surface area contributed by atoms with Crippen LogP contribution in [-0.2, 0) is 37.5 Å². The Morgan fingerprint density at radius 1 is 0.951 bits per heavy atom. The number of carbonyl (C=O) groups is 3. The summed E-state index contributed by atoms with van der Waals surface area (Å²) in [6.45, 7) is 0.0656. The molecule has 2 aliphatic heterocycles. The van der Waals surface area contributed by atoms with Gasteiger partial charge in [0.1, 0.15) is 23.8 Å². The molecule has 6 nitrogen and oxygen atoms in total. The third kappa shape index (κ3) is 6.82. The van der Waals surface area contributed by atoms with Crippen LogP contribution in [0, 0.1) is 5.92 Å². The molecule has 0 aromatic heterocycles. The van der Waals surface area contributed by atoms with Crippen LogP contribution < -0.4 is 4.74 Å². The van der Waals surface area contributed by atoms with Crippen LogP contribution in [0.2, 0.25) is 0 Å². The molecule has 41 heavy (non-hydrogen) atoms. The monoisotopic (exact) mass is 631 g/mol. The van der Waals surface area contributed by atoms with Crippen LogP contribution in [0.25, 0.3) is 6.08 Å². The van der Waals surface area contributed by atoms with Gasteiger partial charge in [0.25, 0.3) is 0 Å². The van der Waals surface area contributed by atoms with Crippen molar-refractivity contribution >= 4 is 51.4 Å². The fourth-order valence-electron chi connectivity index (χ4n) is 4.89. The minimum Gasteiger partial charge on any atom is -0.497 e. The molecule has 8 heteroatoms. The van der Waals surface area contributed by atoms with Gasteiger partial charge >= 0.3 is 5.97 Å². The average molecular weight is 633 g/mol. The van der Waals surface area contributed by atoms with Gasteiger partial charge in [-0.05, 0) is 40.0 Å². The van der Waals surface area contributed by atoms with E-state index in [2.05, 4.69) is 15.9 Å². The number of thioether (sulfide) groups is 1. The Balaban J connectivity index is 1.34. The molecule has 0 N–H and O–H groups in total. The van der Waals surface area contributed by atoms with E-state index in [1.165, 1.54) is 10.5 Å². The van der Waals surface area contributed by atoms with Crippen molar-refractivity contribution in [1.82, 2.24) is 4.90 Å². The maximum atomic E-state index is 13.5. The minimum atomic E-state index is -0.553. The van der Waals surface area contributed by atoms with Crippen molar-refractivity contribution in [2.75, 3.05) is 12.9 Å². The molecular formula is C33H30BrNO5S. The molecule has 1 amide bonds. The number of allylic oxidation sites excluding steroid dienone is 1. The van der Waals surface area contributed by atoms with E-state index in [4.69, 9.17) is 9.47 Å². The number of ether oxygens (including phenoxy) is 2. The van der Waals surface area contributed by atoms with Crippen molar-refractivity contribution in [3.05, 3.63) is 118 Å². The summed E-state index contributed by atoms with van der Waals surface area (Å²) < 4.78 is 10.9. The third-order valence-electron chi connectivity index (χ3n) is 7.13. The van der Waals surface area contributed by atoms with Gasteiger partial charge in [0.2, 0.25) is 5.91 Å². The van der Waals surface area contributed by atoms with Gasteiger partial charge in [0, 0.05) is 23.9 Å². The van der Waals surface area contributed by atoms with Gasteiger partial charge in [-0.15, -0.1) is 11.8 Å². The second-order valence-electron chi connectivity index (χ2n) is 9.93. The Morgan fingerprint density at radius 2 is 1.66 bits per heavy atom. The number of hydrogen-bond donors (Lipinski definition) is 0. The van der Waals surface area contributed by atoms with Gasteiger partial charge in [-0.3, -0.25) is 14.5 Å². The highest BCUT2D eigenvalue weighted by molar-refractivity contribution is 9.08. The number of alkyl halides is 1. The number of halogens is 1. The zero-order chi connectivity index (χ0) is 28.8. The molecule has 1 fully saturated rings. The van der Waals surface area contributed by atoms with E-state index in [0.717, 1.165) is 27.6 Å². The summed E-state index contributed by atoms with van der Waals surface area (Å²) in [6.07, 6.45) is 4.27. The summed E-state index contributed by atoms with van der Waals surface area (Å²) in [4.78, 5) is 41.2. The number of fused-ring (bicyclic) bond motifs is 1. The molecule has 0 radical (unpaired) electrons. The lowest BCUT2D eigenvalue weighted by Crippen LogP contribution is -2.61. The van der Waals surface area contributed by atoms with Gasteiger partial charge < -0.3 is 9.47 Å². The molecular weight excluding hydrogens is 602 g/mol. The summed E-state index contributed by atoms with van der Waals surface area (Å²) in [6, 6.07) is 24.9. The molecule has 5 rings (SSSR count). The largest absolute Gasteiger partial charge is 0.497 e. The predicted molar refractivity (Wildman–Crippen MR) is 164 cm³/mol. The van der Waals surface area contributed by atoms with E-state index in [9.17, 15) is 14.4 Å². The normalized spacial score (nSPS) is 18.2. The first-order valence-corrected chi connectivity index (χ1v) is 15.5. The molecule has 2 aliphatic rings. The van der Waals surface area contributed by atoms with Crippen molar-refractivity contribution in [2.24, 2.45) is 5.92 Å². The fourth-order valence-corrected chi connectivity index (χ4v) is 6.65. The first kappa shape index (κ1) is 28.9. The van der Waals surface area contributed by atoms with Crippen molar-refractivity contribution in [1.29, 1.82) is 0 Å². The highest BCUT2D eigenvalue weighted by Crippen LogP contribution is 2.46. The van der Waals surface area contributed by atoms with Gasteiger partial charge in [-0.25, -0.2) is 4.79 Å². The lowest BCUT2D eigenvalue weighted by atomic mass is 9.89. The maximum Gasteiger partial charge on any atom is 0.355 e. The summed E-state index contributed by atoms with van der Waals surface area (Å²) in [5.41, 5.74) is 4.87. The molecule has 0 aliphatic carbocycles. The number of amides is 1. The highest BCUT2D eigenvalue weighted by Gasteiger charge is 2.53. The summed E-state index contributed by atoms with van der Waals surface area (Å²) in [5, 5.41) is 0.498. The number of β-lactam (4-membered cyclic amide) rings is 1. The molecule has 0 bridgehead atoms. The Kier molecular flexibility index (Phi) is 9.42. The average Bonchev–Trinajstić information content (AvgIpc) is 3.02. The first-order valence-electron chi connectivity index (χ1n) is 13.3. The van der Waals surface area contributed by atoms with Crippen LogP contribution >= 0.6 is 27.7 Å². The number of nitrogens with zero attached hydrogens (tertiary/aromatic N) is 1. The Labute approximate surface area is 252 Å². The van der Waals surface area contributed by atoms with E-state index in [-0.39, 0.29) is 42.2 Å². The summed E-state index contributed by atoms with van der Waals surface area (Å²) >= 11 is 5.04. The zero-order valence-corrected chi connectivity index (χ0v) is 25.0. The Bertz CT molecular complexity index is 1470. The predicted octanol–water partition coefficient (Wildman–Crippen LogP) is 6.33. The van der Waals surface area contributed by atoms with E-state index < -0.39 is 11.9 Å². The molecule has 2 atom stereocenters. The topological polar surface area (TPSA) is 72.9 Å². The fraction of sp³-hybridized carbons (Fsp3) is 0.242. The second kappa shape index (κ2) is 13.4. The summed E-state index contributed by atoms with van der Waals surface area (Å²) in [5.74, 6) is 0.0322. The molecule has 2 unspecified atom stereocenters. The summed E-state index contributed by atoms with van der Waals surface area (Å²) in [7, 11) is 1.59. The van der Waals surface area contributed by atoms with Crippen LogP contribution in [0.5, 0.6) is 5.75 Å². The lowest BCUT2D eigenvalue weighted by molar-refractivity contribution is -0.156. The number of esters is 1. The highest BCUT2D eigenvalue weighted by atomic mass is 79.9. The van der Waals surface area contributed by atoms with Crippen LogP contribution in [0.4, 0.5) is 0 Å². The number of benzene rings is 3. The molecule has 3 aromatic carbocycles. The molecule has 0 spiro atoms. The van der Waals surface area contributed by atoms with E-state index in [0.29, 0.717) is 11.5 Å². The van der Waals surface area contributed by atoms with Crippen molar-refractivity contribution < 1.29 is 23.9 Å². The zero-order valence-electron chi connectivity index (χ0n) is 22.6. The molecule has 0 saturated carbocycles. The van der Waals surface area contributed by atoms with Gasteiger partial charge in [-0.2, -0.15) is 0 Å². The number of rotatable bonds is 11. The number of ketones is 1. The van der Waals surface area contributed by atoms with Gasteiger partial charge in [0.05, 0.1) is 18.4 Å². The van der Waals surface area contributed by atoms with Crippen molar-refractivity contribution in [3.63, 3.8) is 0 Å². The van der Waals surface area contributed by atoms with Crippen LogP contribution in [-0.4, -0.2) is 40.8 Å². The third-order valence-corrected chi connectivity index (χ3v) is 9.14. The standard InChI is InChI=1S/C33H30BrNO5S/c1-39-28-15-12-25(13-16-28)20-40-33(38)30-26(14-11-22-7-9-24(19-34)10-8-22)21-41-32-29(31(37)35(30)32)18-27(36)17-23-5-3-2-4-6-23/h2-16,29,32H,17-21H2,1H3/b14-11+. The van der Waals surface area contributed by atoms with Crippen molar-refractivity contribution in [3.8, 4) is 5.75 Å². The van der Waals surface area contributed by atoms with Crippen LogP contribution in [0.15, 0.2) is 96.2 Å². The maximum absolute atomic E-state index is 13.5. The number of Topliss-reactive ketones (excluding diaryl/α,β-unsaturated/α-hetero) is 1. The number of hydrogen-bond acceptors (Lipinski definition) is 6. The van der Waals surface area contributed by atoms with E-state index in [1.807, 2.05) is 78.9 Å². The van der Waals surface area contributed by atoms with Gasteiger partial charge in [0.15, 0.2) is 0 Å². The molecule has 1 saturated heterocycles. The number of carbonyl (C=O) groups excluding carboxylic acids is 3. The number of methoxy groups -OCH3 is 1. The van der Waals surface area contributed by atoms with Crippen LogP contribution in [0.3, 0.4) is 0 Å². The molecule has 2 heterocycles. The molecule has 3 aromatic rings. The first-order chi connectivity index (χ1) is 20.0. The quantitative estimate of drug-likeness (QED) is 0.140. The Hall–Kier alpha value is -3.62. The Morgan fingerprint density at radius 3 is 2.34 bits per heavy atom.